The number of carbonyl (C=O) groups excluding carboxylic acids is 2. The lowest BCUT2D eigenvalue weighted by Gasteiger charge is -2.15. The monoisotopic (exact) mass is 371 g/mol. The van der Waals surface area contributed by atoms with Crippen molar-refractivity contribution in [3.8, 4) is 11.5 Å². The third-order valence-electron chi connectivity index (χ3n) is 3.86. The SMILES string of the molecule is CCCOc1ccc(C(=O)O[C@H](C)C(=O)NCc2ccccc2OC)cc1. The summed E-state index contributed by atoms with van der Waals surface area (Å²) in [4.78, 5) is 24.4. The predicted octanol–water partition coefficient (Wildman–Crippen LogP) is 3.35. The van der Waals surface area contributed by atoms with Gasteiger partial charge in [-0.25, -0.2) is 4.79 Å². The molecular weight excluding hydrogens is 346 g/mol. The lowest BCUT2D eigenvalue weighted by atomic mass is 10.2. The second kappa shape index (κ2) is 10.2. The minimum Gasteiger partial charge on any atom is -0.496 e. The molecule has 0 spiro atoms. The average molecular weight is 371 g/mol. The van der Waals surface area contributed by atoms with Gasteiger partial charge in [0.2, 0.25) is 0 Å². The molecule has 0 aliphatic carbocycles. The lowest BCUT2D eigenvalue weighted by molar-refractivity contribution is -0.129. The van der Waals surface area contributed by atoms with Crippen molar-refractivity contribution in [2.75, 3.05) is 13.7 Å². The molecule has 2 rings (SSSR count). The van der Waals surface area contributed by atoms with E-state index in [9.17, 15) is 9.59 Å². The van der Waals surface area contributed by atoms with Crippen molar-refractivity contribution < 1.29 is 23.8 Å². The highest BCUT2D eigenvalue weighted by Gasteiger charge is 2.19. The molecule has 2 aromatic rings. The molecule has 1 amide bonds. The first kappa shape index (κ1) is 20.3. The smallest absolute Gasteiger partial charge is 0.338 e. The average Bonchev–Trinajstić information content (AvgIpc) is 2.70. The first-order chi connectivity index (χ1) is 13.0. The number of nitrogens with one attached hydrogen (secondary N) is 1. The predicted molar refractivity (Wildman–Crippen MR) is 102 cm³/mol. The maximum atomic E-state index is 12.2. The molecule has 0 aliphatic heterocycles. The number of esters is 1. The molecule has 27 heavy (non-hydrogen) atoms. The zero-order valence-corrected chi connectivity index (χ0v) is 15.9. The first-order valence-electron chi connectivity index (χ1n) is 8.88. The molecule has 6 heteroatoms. The third-order valence-corrected chi connectivity index (χ3v) is 3.86. The van der Waals surface area contributed by atoms with Crippen LogP contribution in [0.25, 0.3) is 0 Å². The summed E-state index contributed by atoms with van der Waals surface area (Å²) in [6, 6.07) is 14.0. The Hall–Kier alpha value is -3.02. The van der Waals surface area contributed by atoms with Gasteiger partial charge >= 0.3 is 5.97 Å². The Kier molecular flexibility index (Phi) is 7.67. The number of ether oxygens (including phenoxy) is 3. The van der Waals surface area contributed by atoms with Crippen LogP contribution in [-0.4, -0.2) is 31.7 Å². The Balaban J connectivity index is 1.86. The van der Waals surface area contributed by atoms with E-state index in [0.717, 1.165) is 12.0 Å². The van der Waals surface area contributed by atoms with Gasteiger partial charge < -0.3 is 19.5 Å². The number of para-hydroxylation sites is 1. The number of hydrogen-bond donors (Lipinski definition) is 1. The molecular formula is C21H25NO5. The van der Waals surface area contributed by atoms with Gasteiger partial charge in [0, 0.05) is 12.1 Å². The van der Waals surface area contributed by atoms with Crippen molar-refractivity contribution in [3.05, 3.63) is 59.7 Å². The second-order valence-electron chi connectivity index (χ2n) is 5.95. The lowest BCUT2D eigenvalue weighted by Crippen LogP contribution is -2.35. The third kappa shape index (κ3) is 6.02. The van der Waals surface area contributed by atoms with E-state index in [-0.39, 0.29) is 12.5 Å². The fraction of sp³-hybridized carbons (Fsp3) is 0.333. The van der Waals surface area contributed by atoms with Crippen LogP contribution >= 0.6 is 0 Å². The summed E-state index contributed by atoms with van der Waals surface area (Å²) in [6.45, 7) is 4.46. The van der Waals surface area contributed by atoms with E-state index in [4.69, 9.17) is 14.2 Å². The van der Waals surface area contributed by atoms with Crippen molar-refractivity contribution in [2.24, 2.45) is 0 Å². The molecule has 0 fully saturated rings. The number of rotatable bonds is 9. The quantitative estimate of drug-likeness (QED) is 0.685. The Morgan fingerprint density at radius 2 is 1.78 bits per heavy atom. The van der Waals surface area contributed by atoms with E-state index in [2.05, 4.69) is 5.32 Å². The van der Waals surface area contributed by atoms with Crippen molar-refractivity contribution in [3.63, 3.8) is 0 Å². The molecule has 6 nitrogen and oxygen atoms in total. The number of carbonyl (C=O) groups is 2. The van der Waals surface area contributed by atoms with E-state index < -0.39 is 12.1 Å². The van der Waals surface area contributed by atoms with Gasteiger partial charge in [0.25, 0.3) is 5.91 Å². The molecule has 0 unspecified atom stereocenters. The zero-order valence-electron chi connectivity index (χ0n) is 15.9. The van der Waals surface area contributed by atoms with E-state index >= 15 is 0 Å². The maximum absolute atomic E-state index is 12.2. The molecule has 0 saturated carbocycles. The van der Waals surface area contributed by atoms with Gasteiger partial charge in [-0.3, -0.25) is 4.79 Å². The van der Waals surface area contributed by atoms with Crippen LogP contribution in [0.1, 0.15) is 36.2 Å². The van der Waals surface area contributed by atoms with Crippen LogP contribution in [0.4, 0.5) is 0 Å². The molecule has 2 aromatic carbocycles. The van der Waals surface area contributed by atoms with E-state index in [1.54, 1.807) is 31.4 Å². The van der Waals surface area contributed by atoms with Crippen molar-refractivity contribution in [1.82, 2.24) is 5.32 Å². The van der Waals surface area contributed by atoms with Gasteiger partial charge in [-0.1, -0.05) is 25.1 Å². The highest BCUT2D eigenvalue weighted by Crippen LogP contribution is 2.17. The van der Waals surface area contributed by atoms with Crippen LogP contribution in [-0.2, 0) is 16.1 Å². The first-order valence-corrected chi connectivity index (χ1v) is 8.88. The van der Waals surface area contributed by atoms with Gasteiger partial charge in [-0.2, -0.15) is 0 Å². The summed E-state index contributed by atoms with van der Waals surface area (Å²) < 4.78 is 16.0. The van der Waals surface area contributed by atoms with Gasteiger partial charge in [-0.15, -0.1) is 0 Å². The highest BCUT2D eigenvalue weighted by molar-refractivity contribution is 5.92. The number of benzene rings is 2. The van der Waals surface area contributed by atoms with E-state index in [1.165, 1.54) is 6.92 Å². The summed E-state index contributed by atoms with van der Waals surface area (Å²) in [5.74, 6) is 0.443. The summed E-state index contributed by atoms with van der Waals surface area (Å²) in [6.07, 6.45) is -0.00567. The highest BCUT2D eigenvalue weighted by atomic mass is 16.5. The van der Waals surface area contributed by atoms with Crippen LogP contribution in [0.3, 0.4) is 0 Å². The summed E-state index contributed by atoms with van der Waals surface area (Å²) in [5.41, 5.74) is 1.21. The molecule has 0 radical (unpaired) electrons. The molecule has 0 saturated heterocycles. The summed E-state index contributed by atoms with van der Waals surface area (Å²) >= 11 is 0. The minimum atomic E-state index is -0.914. The molecule has 0 bridgehead atoms. The molecule has 144 valence electrons. The Morgan fingerprint density at radius 1 is 1.07 bits per heavy atom. The molecule has 1 N–H and O–H groups in total. The van der Waals surface area contributed by atoms with Crippen LogP contribution in [0.15, 0.2) is 48.5 Å². The second-order valence-corrected chi connectivity index (χ2v) is 5.95. The zero-order chi connectivity index (χ0) is 19.6. The van der Waals surface area contributed by atoms with Crippen LogP contribution in [0, 0.1) is 0 Å². The number of methoxy groups -OCH3 is 1. The van der Waals surface area contributed by atoms with Crippen LogP contribution in [0.2, 0.25) is 0 Å². The molecule has 0 aromatic heterocycles. The normalized spacial score (nSPS) is 11.4. The number of amides is 1. The summed E-state index contributed by atoms with van der Waals surface area (Å²) in [5, 5.41) is 2.75. The fourth-order valence-corrected chi connectivity index (χ4v) is 2.36. The molecule has 1 atom stereocenters. The van der Waals surface area contributed by atoms with E-state index in [0.29, 0.717) is 23.7 Å². The van der Waals surface area contributed by atoms with Gasteiger partial charge in [-0.05, 0) is 43.7 Å². The van der Waals surface area contributed by atoms with Gasteiger partial charge in [0.15, 0.2) is 6.10 Å². The van der Waals surface area contributed by atoms with Gasteiger partial charge in [0.05, 0.1) is 19.3 Å². The standard InChI is InChI=1S/C21H25NO5/c1-4-13-26-18-11-9-16(10-12-18)21(24)27-15(2)20(23)22-14-17-7-5-6-8-19(17)25-3/h5-12,15H,4,13-14H2,1-3H3,(H,22,23)/t15-/m1/s1. The number of hydrogen-bond acceptors (Lipinski definition) is 5. The Labute approximate surface area is 159 Å². The van der Waals surface area contributed by atoms with Crippen LogP contribution < -0.4 is 14.8 Å². The van der Waals surface area contributed by atoms with E-state index in [1.807, 2.05) is 31.2 Å². The van der Waals surface area contributed by atoms with Crippen molar-refractivity contribution in [1.29, 1.82) is 0 Å². The largest absolute Gasteiger partial charge is 0.496 e. The maximum Gasteiger partial charge on any atom is 0.338 e. The minimum absolute atomic E-state index is 0.286. The Morgan fingerprint density at radius 3 is 2.44 bits per heavy atom. The van der Waals surface area contributed by atoms with Crippen LogP contribution in [0.5, 0.6) is 11.5 Å². The fourth-order valence-electron chi connectivity index (χ4n) is 2.36. The van der Waals surface area contributed by atoms with Crippen molar-refractivity contribution in [2.45, 2.75) is 32.9 Å². The summed E-state index contributed by atoms with van der Waals surface area (Å²) in [7, 11) is 1.57. The molecule has 0 heterocycles. The Bertz CT molecular complexity index is 757. The molecule has 0 aliphatic rings. The van der Waals surface area contributed by atoms with Gasteiger partial charge in [0.1, 0.15) is 11.5 Å². The topological polar surface area (TPSA) is 73.9 Å². The van der Waals surface area contributed by atoms with Crippen molar-refractivity contribution >= 4 is 11.9 Å².